The largest absolute Gasteiger partial charge is 0.397 e. The number of nitrogens with two attached hydrogens (primary N) is 1. The highest BCUT2D eigenvalue weighted by molar-refractivity contribution is 6.33. The van der Waals surface area contributed by atoms with E-state index >= 15 is 0 Å². The highest BCUT2D eigenvalue weighted by Gasteiger charge is 2.18. The molecule has 0 saturated carbocycles. The second kappa shape index (κ2) is 6.39. The Morgan fingerprint density at radius 1 is 1.30 bits per heavy atom. The van der Waals surface area contributed by atoms with Crippen molar-refractivity contribution in [1.29, 1.82) is 0 Å². The van der Waals surface area contributed by atoms with Gasteiger partial charge in [0, 0.05) is 12.7 Å². The Hall–Kier alpha value is -2.07. The van der Waals surface area contributed by atoms with Crippen LogP contribution in [0, 0.1) is 0 Å². The van der Waals surface area contributed by atoms with Crippen LogP contribution in [-0.2, 0) is 6.54 Å². The van der Waals surface area contributed by atoms with E-state index in [2.05, 4.69) is 4.98 Å². The molecule has 2 aromatic rings. The van der Waals surface area contributed by atoms with Crippen molar-refractivity contribution >= 4 is 23.2 Å². The molecule has 1 aromatic carbocycles. The van der Waals surface area contributed by atoms with Gasteiger partial charge in [0.15, 0.2) is 0 Å². The van der Waals surface area contributed by atoms with Gasteiger partial charge in [-0.05, 0) is 31.2 Å². The van der Waals surface area contributed by atoms with Crippen LogP contribution in [-0.4, -0.2) is 22.3 Å². The van der Waals surface area contributed by atoms with Gasteiger partial charge in [-0.1, -0.05) is 23.7 Å². The molecule has 1 heterocycles. The third-order valence-electron chi connectivity index (χ3n) is 3.03. The first-order valence-corrected chi connectivity index (χ1v) is 6.74. The molecule has 0 aliphatic carbocycles. The summed E-state index contributed by atoms with van der Waals surface area (Å²) in [7, 11) is 0. The molecule has 0 saturated heterocycles. The number of anilines is 1. The monoisotopic (exact) mass is 289 g/mol. The van der Waals surface area contributed by atoms with Crippen molar-refractivity contribution in [2.45, 2.75) is 13.5 Å². The maximum absolute atomic E-state index is 12.5. The van der Waals surface area contributed by atoms with Gasteiger partial charge in [0.2, 0.25) is 0 Å². The number of amides is 1. The number of benzene rings is 1. The predicted molar refractivity (Wildman–Crippen MR) is 80.5 cm³/mol. The van der Waals surface area contributed by atoms with Crippen molar-refractivity contribution in [3.63, 3.8) is 0 Å². The number of hydrogen-bond donors (Lipinski definition) is 1. The number of hydrogen-bond acceptors (Lipinski definition) is 3. The number of rotatable bonds is 4. The lowest BCUT2D eigenvalue weighted by molar-refractivity contribution is 0.0751. The summed E-state index contributed by atoms with van der Waals surface area (Å²) in [6.45, 7) is 2.94. The van der Waals surface area contributed by atoms with Crippen molar-refractivity contribution in [2.75, 3.05) is 12.3 Å². The molecule has 4 nitrogen and oxygen atoms in total. The smallest absolute Gasteiger partial charge is 0.256 e. The van der Waals surface area contributed by atoms with Gasteiger partial charge >= 0.3 is 0 Å². The molecule has 1 aromatic heterocycles. The van der Waals surface area contributed by atoms with Crippen LogP contribution in [0.25, 0.3) is 0 Å². The van der Waals surface area contributed by atoms with E-state index in [9.17, 15) is 4.79 Å². The number of aromatic nitrogens is 1. The van der Waals surface area contributed by atoms with Gasteiger partial charge in [-0.2, -0.15) is 0 Å². The number of para-hydroxylation sites is 1. The van der Waals surface area contributed by atoms with Crippen LogP contribution in [0.2, 0.25) is 5.02 Å². The Morgan fingerprint density at radius 3 is 2.75 bits per heavy atom. The molecule has 0 bridgehead atoms. The molecule has 0 spiro atoms. The van der Waals surface area contributed by atoms with Crippen LogP contribution in [0.15, 0.2) is 42.6 Å². The number of halogens is 1. The van der Waals surface area contributed by atoms with Crippen molar-refractivity contribution in [3.05, 3.63) is 58.9 Å². The number of carbonyl (C=O) groups excluding carboxylic acids is 1. The van der Waals surface area contributed by atoms with Gasteiger partial charge in [0.25, 0.3) is 5.91 Å². The predicted octanol–water partition coefficient (Wildman–Crippen LogP) is 2.98. The van der Waals surface area contributed by atoms with Crippen molar-refractivity contribution in [2.24, 2.45) is 0 Å². The summed E-state index contributed by atoms with van der Waals surface area (Å²) in [4.78, 5) is 18.4. The van der Waals surface area contributed by atoms with Crippen LogP contribution >= 0.6 is 11.6 Å². The third-order valence-corrected chi connectivity index (χ3v) is 3.36. The highest BCUT2D eigenvalue weighted by Crippen LogP contribution is 2.24. The van der Waals surface area contributed by atoms with E-state index < -0.39 is 0 Å². The number of carbonyl (C=O) groups is 1. The highest BCUT2D eigenvalue weighted by atomic mass is 35.5. The molecule has 0 fully saturated rings. The van der Waals surface area contributed by atoms with E-state index in [4.69, 9.17) is 17.3 Å². The number of nitrogen functional groups attached to an aromatic ring is 1. The van der Waals surface area contributed by atoms with Crippen molar-refractivity contribution < 1.29 is 4.79 Å². The molecular formula is C15H16ClN3O. The molecule has 2 rings (SSSR count). The summed E-state index contributed by atoms with van der Waals surface area (Å²) in [5.74, 6) is -0.141. The molecule has 0 unspecified atom stereocenters. The minimum Gasteiger partial charge on any atom is -0.397 e. The lowest BCUT2D eigenvalue weighted by atomic mass is 10.1. The van der Waals surface area contributed by atoms with Gasteiger partial charge in [-0.3, -0.25) is 9.78 Å². The summed E-state index contributed by atoms with van der Waals surface area (Å²) in [5.41, 5.74) is 7.46. The third kappa shape index (κ3) is 3.08. The maximum atomic E-state index is 12.5. The lowest BCUT2D eigenvalue weighted by Crippen LogP contribution is -2.31. The van der Waals surface area contributed by atoms with E-state index in [1.165, 1.54) is 0 Å². The van der Waals surface area contributed by atoms with Gasteiger partial charge < -0.3 is 10.6 Å². The minimum atomic E-state index is -0.141. The molecule has 104 valence electrons. The zero-order valence-corrected chi connectivity index (χ0v) is 12.0. The van der Waals surface area contributed by atoms with Crippen LogP contribution in [0.3, 0.4) is 0 Å². The fraction of sp³-hybridized carbons (Fsp3) is 0.200. The summed E-state index contributed by atoms with van der Waals surface area (Å²) in [6, 6.07) is 10.7. The molecule has 0 radical (unpaired) electrons. The standard InChI is InChI=1S/C15H16ClN3O/c1-2-19(10-11-6-3-4-9-18-11)15(20)12-7-5-8-13(16)14(12)17/h3-9H,2,10,17H2,1H3. The van der Waals surface area contributed by atoms with Gasteiger partial charge in [0.05, 0.1) is 28.5 Å². The van der Waals surface area contributed by atoms with Gasteiger partial charge in [0.1, 0.15) is 0 Å². The van der Waals surface area contributed by atoms with Crippen LogP contribution in [0.5, 0.6) is 0 Å². The molecule has 2 N–H and O–H groups in total. The first-order valence-electron chi connectivity index (χ1n) is 6.36. The summed E-state index contributed by atoms with van der Waals surface area (Å²) >= 11 is 5.96. The van der Waals surface area contributed by atoms with E-state index in [1.807, 2.05) is 25.1 Å². The Kier molecular flexibility index (Phi) is 4.58. The maximum Gasteiger partial charge on any atom is 0.256 e. The van der Waals surface area contributed by atoms with Gasteiger partial charge in [-0.25, -0.2) is 0 Å². The Bertz CT molecular complexity index is 601. The lowest BCUT2D eigenvalue weighted by Gasteiger charge is -2.21. The van der Waals surface area contributed by atoms with Crippen LogP contribution in [0.4, 0.5) is 5.69 Å². The fourth-order valence-corrected chi connectivity index (χ4v) is 2.08. The normalized spacial score (nSPS) is 10.3. The average Bonchev–Trinajstić information content (AvgIpc) is 2.48. The summed E-state index contributed by atoms with van der Waals surface area (Å²) in [5, 5.41) is 0.393. The second-order valence-electron chi connectivity index (χ2n) is 4.34. The van der Waals surface area contributed by atoms with Crippen LogP contribution in [0.1, 0.15) is 23.0 Å². The Morgan fingerprint density at radius 2 is 2.10 bits per heavy atom. The van der Waals surface area contributed by atoms with E-state index in [0.29, 0.717) is 29.4 Å². The minimum absolute atomic E-state index is 0.141. The molecule has 20 heavy (non-hydrogen) atoms. The molecular weight excluding hydrogens is 274 g/mol. The van der Waals surface area contributed by atoms with E-state index in [0.717, 1.165) is 5.69 Å². The summed E-state index contributed by atoms with van der Waals surface area (Å²) in [6.07, 6.45) is 1.71. The topological polar surface area (TPSA) is 59.2 Å². The van der Waals surface area contributed by atoms with Crippen molar-refractivity contribution in [3.8, 4) is 0 Å². The fourth-order valence-electron chi connectivity index (χ4n) is 1.91. The quantitative estimate of drug-likeness (QED) is 0.880. The average molecular weight is 290 g/mol. The SMILES string of the molecule is CCN(Cc1ccccn1)C(=O)c1cccc(Cl)c1N. The van der Waals surface area contributed by atoms with Gasteiger partial charge in [-0.15, -0.1) is 0 Å². The number of pyridine rings is 1. The molecule has 0 aliphatic heterocycles. The number of nitrogens with zero attached hydrogens (tertiary/aromatic N) is 2. The zero-order chi connectivity index (χ0) is 14.5. The van der Waals surface area contributed by atoms with Crippen LogP contribution < -0.4 is 5.73 Å². The Balaban J connectivity index is 2.23. The van der Waals surface area contributed by atoms with E-state index in [-0.39, 0.29) is 5.91 Å². The summed E-state index contributed by atoms with van der Waals surface area (Å²) < 4.78 is 0. The van der Waals surface area contributed by atoms with E-state index in [1.54, 1.807) is 29.3 Å². The molecule has 0 atom stereocenters. The molecule has 5 heteroatoms. The zero-order valence-electron chi connectivity index (χ0n) is 11.2. The molecule has 0 aliphatic rings. The molecule has 1 amide bonds. The Labute approximate surface area is 123 Å². The first kappa shape index (κ1) is 14.3. The van der Waals surface area contributed by atoms with Crippen molar-refractivity contribution in [1.82, 2.24) is 9.88 Å². The second-order valence-corrected chi connectivity index (χ2v) is 4.75. The first-order chi connectivity index (χ1) is 9.63.